The van der Waals surface area contributed by atoms with Crippen LogP contribution in [0.4, 0.5) is 5.82 Å². The summed E-state index contributed by atoms with van der Waals surface area (Å²) in [5, 5.41) is 0.646. The minimum atomic E-state index is 0.226. The van der Waals surface area contributed by atoms with Gasteiger partial charge in [-0.2, -0.15) is 0 Å². The smallest absolute Gasteiger partial charge is 0.227 e. The van der Waals surface area contributed by atoms with E-state index in [2.05, 4.69) is 28.1 Å². The Kier molecular flexibility index (Phi) is 5.11. The molecule has 1 saturated heterocycles. The molecule has 1 aliphatic heterocycles. The van der Waals surface area contributed by atoms with Gasteiger partial charge in [0.05, 0.1) is 11.4 Å². The average Bonchev–Trinajstić information content (AvgIpc) is 2.68. The van der Waals surface area contributed by atoms with E-state index in [0.29, 0.717) is 11.4 Å². The molecule has 2 aliphatic rings. The number of halogens is 1. The second-order valence-corrected chi connectivity index (χ2v) is 7.63. The fraction of sp³-hybridized carbons (Fsp3) is 0.429. The summed E-state index contributed by atoms with van der Waals surface area (Å²) in [4.78, 5) is 21.3. The van der Waals surface area contributed by atoms with E-state index >= 15 is 0 Å². The molecule has 0 radical (unpaired) electrons. The van der Waals surface area contributed by atoms with Gasteiger partial charge < -0.3 is 9.80 Å². The molecule has 5 heteroatoms. The maximum Gasteiger partial charge on any atom is 0.227 e. The zero-order valence-electron chi connectivity index (χ0n) is 15.0. The highest BCUT2D eigenvalue weighted by molar-refractivity contribution is 6.30. The highest BCUT2D eigenvalue weighted by Crippen LogP contribution is 2.23. The summed E-state index contributed by atoms with van der Waals surface area (Å²) in [5.74, 6) is 1.15. The number of fused-ring (bicyclic) bond motifs is 1. The Bertz CT molecular complexity index is 782. The summed E-state index contributed by atoms with van der Waals surface area (Å²) in [6.45, 7) is 3.11. The maximum atomic E-state index is 12.7. The largest absolute Gasteiger partial charge is 0.353 e. The molecule has 0 atom stereocenters. The van der Waals surface area contributed by atoms with Gasteiger partial charge >= 0.3 is 0 Å². The Balaban J connectivity index is 1.34. The van der Waals surface area contributed by atoms with Gasteiger partial charge in [-0.05, 0) is 54.5 Å². The molecular weight excluding hydrogens is 346 g/mol. The van der Waals surface area contributed by atoms with Gasteiger partial charge in [0, 0.05) is 32.4 Å². The van der Waals surface area contributed by atoms with Gasteiger partial charge in [-0.15, -0.1) is 0 Å². The Morgan fingerprint density at radius 2 is 1.77 bits per heavy atom. The van der Waals surface area contributed by atoms with Gasteiger partial charge in [-0.3, -0.25) is 4.79 Å². The van der Waals surface area contributed by atoms with Crippen molar-refractivity contribution in [1.82, 2.24) is 9.88 Å². The van der Waals surface area contributed by atoms with Gasteiger partial charge in [-0.1, -0.05) is 29.8 Å². The summed E-state index contributed by atoms with van der Waals surface area (Å²) in [6, 6.07) is 10.4. The average molecular weight is 370 g/mol. The third-order valence-electron chi connectivity index (χ3n) is 5.44. The topological polar surface area (TPSA) is 36.4 Å². The van der Waals surface area contributed by atoms with E-state index in [1.807, 2.05) is 17.0 Å². The predicted octanol–water partition coefficient (Wildman–Crippen LogP) is 3.51. The van der Waals surface area contributed by atoms with Crippen molar-refractivity contribution < 1.29 is 4.79 Å². The van der Waals surface area contributed by atoms with Crippen LogP contribution in [0.25, 0.3) is 0 Å². The Morgan fingerprint density at radius 3 is 2.50 bits per heavy atom. The number of pyridine rings is 1. The van der Waals surface area contributed by atoms with Crippen LogP contribution < -0.4 is 4.90 Å². The molecule has 26 heavy (non-hydrogen) atoms. The number of nitrogens with zero attached hydrogens (tertiary/aromatic N) is 3. The molecule has 1 aromatic carbocycles. The monoisotopic (exact) mass is 369 g/mol. The third-order valence-corrected chi connectivity index (χ3v) is 5.66. The number of anilines is 1. The highest BCUT2D eigenvalue weighted by Gasteiger charge is 2.22. The molecule has 2 aromatic rings. The molecule has 1 aromatic heterocycles. The number of amides is 1. The second-order valence-electron chi connectivity index (χ2n) is 7.19. The molecule has 1 aliphatic carbocycles. The number of aryl methyl sites for hydroxylation is 2. The number of benzene rings is 1. The van der Waals surface area contributed by atoms with Crippen molar-refractivity contribution in [3.8, 4) is 0 Å². The lowest BCUT2D eigenvalue weighted by Gasteiger charge is -2.35. The third kappa shape index (κ3) is 3.85. The minimum absolute atomic E-state index is 0.226. The first-order valence-electron chi connectivity index (χ1n) is 9.44. The Morgan fingerprint density at radius 1 is 1.00 bits per heavy atom. The number of rotatable bonds is 3. The van der Waals surface area contributed by atoms with Crippen molar-refractivity contribution in [2.24, 2.45) is 0 Å². The molecular formula is C21H24ClN3O. The van der Waals surface area contributed by atoms with Crippen molar-refractivity contribution in [2.75, 3.05) is 31.1 Å². The molecule has 4 nitrogen and oxygen atoms in total. The van der Waals surface area contributed by atoms with E-state index in [1.54, 1.807) is 6.20 Å². The molecule has 1 fully saturated rings. The quantitative estimate of drug-likeness (QED) is 0.830. The fourth-order valence-corrected chi connectivity index (χ4v) is 4.03. The molecule has 0 unspecified atom stereocenters. The van der Waals surface area contributed by atoms with Crippen molar-refractivity contribution in [2.45, 2.75) is 32.1 Å². The molecule has 1 amide bonds. The van der Waals surface area contributed by atoms with E-state index in [1.165, 1.54) is 30.4 Å². The zero-order chi connectivity index (χ0) is 17.9. The number of carbonyl (C=O) groups is 1. The van der Waals surface area contributed by atoms with Crippen LogP contribution in [0.2, 0.25) is 5.02 Å². The van der Waals surface area contributed by atoms with Crippen LogP contribution in [0.1, 0.15) is 29.5 Å². The minimum Gasteiger partial charge on any atom is -0.353 e. The van der Waals surface area contributed by atoms with E-state index in [0.717, 1.165) is 44.0 Å². The van der Waals surface area contributed by atoms with Gasteiger partial charge in [0.15, 0.2) is 0 Å². The molecule has 0 spiro atoms. The van der Waals surface area contributed by atoms with Crippen molar-refractivity contribution in [1.29, 1.82) is 0 Å². The van der Waals surface area contributed by atoms with Gasteiger partial charge in [0.1, 0.15) is 5.82 Å². The standard InChI is InChI=1S/C21H24ClN3O/c22-19-7-8-20(23-15-19)24-9-11-25(12-10-24)21(26)14-16-5-6-17-3-1-2-4-18(17)13-16/h5-8,13,15H,1-4,9-12,14H2. The Labute approximate surface area is 159 Å². The van der Waals surface area contributed by atoms with Crippen LogP contribution in [-0.4, -0.2) is 42.0 Å². The molecule has 0 N–H and O–H groups in total. The van der Waals surface area contributed by atoms with E-state index < -0.39 is 0 Å². The highest BCUT2D eigenvalue weighted by atomic mass is 35.5. The number of aromatic nitrogens is 1. The normalized spacial score (nSPS) is 17.1. The van der Waals surface area contributed by atoms with Gasteiger partial charge in [-0.25, -0.2) is 4.98 Å². The fourth-order valence-electron chi connectivity index (χ4n) is 3.92. The van der Waals surface area contributed by atoms with Gasteiger partial charge in [0.25, 0.3) is 0 Å². The lowest BCUT2D eigenvalue weighted by atomic mass is 9.90. The maximum absolute atomic E-state index is 12.7. The summed E-state index contributed by atoms with van der Waals surface area (Å²) in [7, 11) is 0. The SMILES string of the molecule is O=C(Cc1ccc2c(c1)CCCC2)N1CCN(c2ccc(Cl)cn2)CC1. The molecule has 2 heterocycles. The van der Waals surface area contributed by atoms with Crippen molar-refractivity contribution >= 4 is 23.3 Å². The van der Waals surface area contributed by atoms with Crippen LogP contribution in [0.3, 0.4) is 0 Å². The summed E-state index contributed by atoms with van der Waals surface area (Å²) in [5.41, 5.74) is 4.06. The molecule has 0 bridgehead atoms. The first-order valence-corrected chi connectivity index (χ1v) is 9.82. The molecule has 136 valence electrons. The van der Waals surface area contributed by atoms with Crippen LogP contribution in [0, 0.1) is 0 Å². The van der Waals surface area contributed by atoms with Crippen molar-refractivity contribution in [3.05, 3.63) is 58.2 Å². The summed E-state index contributed by atoms with van der Waals surface area (Å²) < 4.78 is 0. The van der Waals surface area contributed by atoms with Crippen LogP contribution >= 0.6 is 11.6 Å². The summed E-state index contributed by atoms with van der Waals surface area (Å²) >= 11 is 5.90. The van der Waals surface area contributed by atoms with Crippen molar-refractivity contribution in [3.63, 3.8) is 0 Å². The lowest BCUT2D eigenvalue weighted by molar-refractivity contribution is -0.130. The van der Waals surface area contributed by atoms with Gasteiger partial charge in [0.2, 0.25) is 5.91 Å². The number of hydrogen-bond acceptors (Lipinski definition) is 3. The molecule has 0 saturated carbocycles. The zero-order valence-corrected chi connectivity index (χ0v) is 15.7. The first-order chi connectivity index (χ1) is 12.7. The van der Waals surface area contributed by atoms with E-state index in [-0.39, 0.29) is 5.91 Å². The predicted molar refractivity (Wildman–Crippen MR) is 105 cm³/mol. The summed E-state index contributed by atoms with van der Waals surface area (Å²) in [6.07, 6.45) is 7.08. The van der Waals surface area contributed by atoms with Crippen LogP contribution in [-0.2, 0) is 24.1 Å². The lowest BCUT2D eigenvalue weighted by Crippen LogP contribution is -2.49. The Hall–Kier alpha value is -2.07. The first kappa shape index (κ1) is 17.3. The van der Waals surface area contributed by atoms with E-state index in [9.17, 15) is 4.79 Å². The van der Waals surface area contributed by atoms with Crippen LogP contribution in [0.15, 0.2) is 36.5 Å². The number of hydrogen-bond donors (Lipinski definition) is 0. The number of carbonyl (C=O) groups excluding carboxylic acids is 1. The van der Waals surface area contributed by atoms with E-state index in [4.69, 9.17) is 11.6 Å². The van der Waals surface area contributed by atoms with Crippen LogP contribution in [0.5, 0.6) is 0 Å². The number of piperazine rings is 1. The molecule has 4 rings (SSSR count). The second kappa shape index (κ2) is 7.67.